The van der Waals surface area contributed by atoms with Crippen molar-refractivity contribution in [2.24, 2.45) is 7.05 Å². The summed E-state index contributed by atoms with van der Waals surface area (Å²) in [5.74, 6) is -5.67. The molecule has 128 valence electrons. The molecule has 0 aliphatic carbocycles. The molecule has 0 radical (unpaired) electrons. The highest BCUT2D eigenvalue weighted by Crippen LogP contribution is 2.24. The van der Waals surface area contributed by atoms with Crippen molar-refractivity contribution in [3.05, 3.63) is 75.9 Å². The first-order chi connectivity index (χ1) is 11.9. The summed E-state index contributed by atoms with van der Waals surface area (Å²) in [6.07, 6.45) is 0. The second kappa shape index (κ2) is 6.31. The average molecular weight is 348 g/mol. The molecule has 0 fully saturated rings. The number of nitrogens with one attached hydrogen (secondary N) is 1. The van der Waals surface area contributed by atoms with Crippen LogP contribution in [0.4, 0.5) is 18.9 Å². The van der Waals surface area contributed by atoms with Gasteiger partial charge in [-0.05, 0) is 12.1 Å². The molecule has 3 rings (SSSR count). The molecular formula is C17H11F3N2O3. The van der Waals surface area contributed by atoms with E-state index in [0.717, 1.165) is 10.8 Å². The molecule has 1 aromatic heterocycles. The van der Waals surface area contributed by atoms with Crippen LogP contribution in [-0.2, 0) is 7.05 Å². The van der Waals surface area contributed by atoms with Crippen LogP contribution in [0.3, 0.4) is 0 Å². The highest BCUT2D eigenvalue weighted by Gasteiger charge is 2.25. The summed E-state index contributed by atoms with van der Waals surface area (Å²) in [5.41, 5.74) is -1.22. The lowest BCUT2D eigenvalue weighted by molar-refractivity contribution is 0.102. The zero-order valence-electron chi connectivity index (χ0n) is 12.8. The van der Waals surface area contributed by atoms with Gasteiger partial charge in [-0.3, -0.25) is 4.79 Å². The number of aromatic nitrogens is 1. The summed E-state index contributed by atoms with van der Waals surface area (Å²) in [4.78, 5) is 24.4. The van der Waals surface area contributed by atoms with Gasteiger partial charge in [0.05, 0.1) is 5.69 Å². The number of hydrogen-bond donors (Lipinski definition) is 1. The number of rotatable bonds is 3. The summed E-state index contributed by atoms with van der Waals surface area (Å²) in [6, 6.07) is 9.97. The fraction of sp³-hybridized carbons (Fsp3) is 0.0588. The fourth-order valence-electron chi connectivity index (χ4n) is 2.40. The molecule has 8 heteroatoms. The Morgan fingerprint density at radius 3 is 2.40 bits per heavy atom. The lowest BCUT2D eigenvalue weighted by Crippen LogP contribution is -2.20. The van der Waals surface area contributed by atoms with Crippen LogP contribution in [-0.4, -0.2) is 10.6 Å². The third-order valence-electron chi connectivity index (χ3n) is 3.53. The van der Waals surface area contributed by atoms with Gasteiger partial charge in [0.15, 0.2) is 23.0 Å². The second-order valence-corrected chi connectivity index (χ2v) is 5.14. The molecule has 1 N–H and O–H groups in total. The fourth-order valence-corrected chi connectivity index (χ4v) is 2.40. The minimum absolute atomic E-state index is 0.172. The van der Waals surface area contributed by atoms with Gasteiger partial charge in [-0.15, -0.1) is 0 Å². The smallest absolute Gasteiger partial charge is 0.335 e. The number of halogens is 3. The van der Waals surface area contributed by atoms with E-state index in [-0.39, 0.29) is 11.3 Å². The van der Waals surface area contributed by atoms with E-state index in [9.17, 15) is 22.8 Å². The highest BCUT2D eigenvalue weighted by atomic mass is 19.2. The van der Waals surface area contributed by atoms with E-state index in [0.29, 0.717) is 11.6 Å². The van der Waals surface area contributed by atoms with E-state index in [1.165, 1.54) is 7.05 Å². The normalized spacial score (nSPS) is 10.7. The van der Waals surface area contributed by atoms with Gasteiger partial charge in [-0.25, -0.2) is 22.7 Å². The zero-order chi connectivity index (χ0) is 18.1. The molecule has 0 unspecified atom stereocenters. The van der Waals surface area contributed by atoms with Crippen LogP contribution >= 0.6 is 0 Å². The number of anilines is 1. The first-order valence-corrected chi connectivity index (χ1v) is 7.10. The van der Waals surface area contributed by atoms with Crippen LogP contribution in [0.1, 0.15) is 10.4 Å². The number of amides is 1. The van der Waals surface area contributed by atoms with Gasteiger partial charge in [0.2, 0.25) is 0 Å². The monoisotopic (exact) mass is 348 g/mol. The molecule has 0 saturated carbocycles. The summed E-state index contributed by atoms with van der Waals surface area (Å²) >= 11 is 0. The van der Waals surface area contributed by atoms with Crippen LogP contribution in [0.25, 0.3) is 11.3 Å². The molecule has 0 saturated heterocycles. The maximum atomic E-state index is 13.7. The second-order valence-electron chi connectivity index (χ2n) is 5.14. The summed E-state index contributed by atoms with van der Waals surface area (Å²) < 4.78 is 46.0. The molecule has 0 aliphatic rings. The van der Waals surface area contributed by atoms with Gasteiger partial charge in [0.25, 0.3) is 5.91 Å². The van der Waals surface area contributed by atoms with Crippen molar-refractivity contribution in [2.75, 3.05) is 5.32 Å². The van der Waals surface area contributed by atoms with Crippen molar-refractivity contribution in [3.8, 4) is 11.3 Å². The molecule has 5 nitrogen and oxygen atoms in total. The average Bonchev–Trinajstić information content (AvgIpc) is 2.90. The molecule has 0 atom stereocenters. The van der Waals surface area contributed by atoms with Crippen LogP contribution < -0.4 is 10.9 Å². The van der Waals surface area contributed by atoms with E-state index in [1.54, 1.807) is 30.3 Å². The molecular weight excluding hydrogens is 337 g/mol. The Balaban J connectivity index is 2.05. The number of nitrogens with zero attached hydrogens (tertiary/aromatic N) is 1. The number of benzene rings is 2. The number of carbonyl (C=O) groups is 1. The molecule has 3 aromatic rings. The predicted octanol–water partition coefficient (Wildman–Crippen LogP) is 3.31. The Labute approximate surface area is 139 Å². The Kier molecular flexibility index (Phi) is 4.18. The Bertz CT molecular complexity index is 1010. The Morgan fingerprint density at radius 2 is 1.72 bits per heavy atom. The minimum Gasteiger partial charge on any atom is -0.335 e. The van der Waals surface area contributed by atoms with Crippen molar-refractivity contribution in [1.82, 2.24) is 4.74 Å². The molecule has 0 aliphatic heterocycles. The van der Waals surface area contributed by atoms with Crippen molar-refractivity contribution in [1.29, 1.82) is 0 Å². The maximum Gasteiger partial charge on any atom is 0.370 e. The molecule has 25 heavy (non-hydrogen) atoms. The number of hydrogen-bond acceptors (Lipinski definition) is 3. The van der Waals surface area contributed by atoms with Crippen molar-refractivity contribution in [2.45, 2.75) is 0 Å². The van der Waals surface area contributed by atoms with Crippen LogP contribution in [0.2, 0.25) is 0 Å². The molecule has 0 bridgehead atoms. The lowest BCUT2D eigenvalue weighted by Gasteiger charge is -2.08. The Morgan fingerprint density at radius 1 is 1.04 bits per heavy atom. The van der Waals surface area contributed by atoms with Crippen LogP contribution in [0.15, 0.2) is 51.8 Å². The zero-order valence-corrected chi connectivity index (χ0v) is 12.8. The maximum absolute atomic E-state index is 13.7. The highest BCUT2D eigenvalue weighted by molar-refractivity contribution is 6.07. The van der Waals surface area contributed by atoms with E-state index < -0.39 is 34.7 Å². The van der Waals surface area contributed by atoms with Crippen LogP contribution in [0.5, 0.6) is 0 Å². The quantitative estimate of drug-likeness (QED) is 0.739. The summed E-state index contributed by atoms with van der Waals surface area (Å²) in [7, 11) is 1.43. The minimum atomic E-state index is -1.72. The van der Waals surface area contributed by atoms with Crippen molar-refractivity contribution in [3.63, 3.8) is 0 Å². The molecule has 2 aromatic carbocycles. The van der Waals surface area contributed by atoms with Gasteiger partial charge in [-0.2, -0.15) is 0 Å². The number of aryl methyl sites for hydroxylation is 1. The lowest BCUT2D eigenvalue weighted by atomic mass is 10.1. The van der Waals surface area contributed by atoms with E-state index in [2.05, 4.69) is 5.32 Å². The topological polar surface area (TPSA) is 64.2 Å². The third kappa shape index (κ3) is 2.93. The van der Waals surface area contributed by atoms with Crippen LogP contribution in [0, 0.1) is 17.5 Å². The Hall–Kier alpha value is -3.29. The SMILES string of the molecule is Cn1oc(=O)c(C(=O)Nc2ccc(F)c(F)c2F)c1-c1ccccc1. The van der Waals surface area contributed by atoms with Gasteiger partial charge < -0.3 is 9.84 Å². The van der Waals surface area contributed by atoms with E-state index >= 15 is 0 Å². The van der Waals surface area contributed by atoms with Crippen molar-refractivity contribution < 1.29 is 22.5 Å². The van der Waals surface area contributed by atoms with Gasteiger partial charge in [-0.1, -0.05) is 30.3 Å². The van der Waals surface area contributed by atoms with E-state index in [4.69, 9.17) is 4.52 Å². The standard InChI is InChI=1S/C17H11F3N2O3/c1-22-15(9-5-3-2-4-6-9)12(17(24)25-22)16(23)21-11-8-7-10(18)13(19)14(11)20/h2-8H,1H3,(H,21,23). The summed E-state index contributed by atoms with van der Waals surface area (Å²) in [5, 5.41) is 2.06. The van der Waals surface area contributed by atoms with Gasteiger partial charge in [0.1, 0.15) is 5.69 Å². The first-order valence-electron chi connectivity index (χ1n) is 7.10. The predicted molar refractivity (Wildman–Crippen MR) is 83.7 cm³/mol. The van der Waals surface area contributed by atoms with Gasteiger partial charge >= 0.3 is 5.63 Å². The van der Waals surface area contributed by atoms with Gasteiger partial charge in [0, 0.05) is 12.6 Å². The molecule has 0 spiro atoms. The first kappa shape index (κ1) is 16.6. The third-order valence-corrected chi connectivity index (χ3v) is 3.53. The number of carbonyl (C=O) groups excluding carboxylic acids is 1. The summed E-state index contributed by atoms with van der Waals surface area (Å²) in [6.45, 7) is 0. The molecule has 1 heterocycles. The largest absolute Gasteiger partial charge is 0.370 e. The van der Waals surface area contributed by atoms with E-state index in [1.807, 2.05) is 0 Å². The molecule has 1 amide bonds. The van der Waals surface area contributed by atoms with Crippen molar-refractivity contribution >= 4 is 11.6 Å².